The van der Waals surface area contributed by atoms with E-state index in [2.05, 4.69) is 37.8 Å². The van der Waals surface area contributed by atoms with E-state index in [1.54, 1.807) is 24.3 Å². The van der Waals surface area contributed by atoms with E-state index >= 15 is 0 Å². The van der Waals surface area contributed by atoms with Gasteiger partial charge < -0.3 is 0 Å². The smallest absolute Gasteiger partial charge is 0.223 e. The average Bonchev–Trinajstić information content (AvgIpc) is 3.27. The van der Waals surface area contributed by atoms with Crippen molar-refractivity contribution < 1.29 is 17.2 Å². The number of rotatable bonds is 6. The van der Waals surface area contributed by atoms with Crippen LogP contribution in [0.3, 0.4) is 0 Å². The lowest BCUT2D eigenvalue weighted by Crippen LogP contribution is -2.10. The van der Waals surface area contributed by atoms with Gasteiger partial charge >= 0.3 is 0 Å². The van der Waals surface area contributed by atoms with Gasteiger partial charge in [0.2, 0.25) is 9.84 Å². The van der Waals surface area contributed by atoms with Crippen LogP contribution in [0.4, 0.5) is 8.78 Å². The molecule has 0 unspecified atom stereocenters. The first kappa shape index (κ1) is 24.0. The Bertz CT molecular complexity index is 1710. The first-order valence-electron chi connectivity index (χ1n) is 10.7. The lowest BCUT2D eigenvalue weighted by atomic mass is 10.0. The van der Waals surface area contributed by atoms with Crippen LogP contribution >= 0.6 is 15.9 Å². The molecule has 0 aliphatic rings. The third-order valence-corrected chi connectivity index (χ3v) is 7.70. The van der Waals surface area contributed by atoms with Crippen LogP contribution in [0.1, 0.15) is 11.3 Å². The summed E-state index contributed by atoms with van der Waals surface area (Å²) in [7, 11) is -3.96. The average molecular weight is 567 g/mol. The number of hydrogen-bond donors (Lipinski definition) is 0. The Kier molecular flexibility index (Phi) is 6.23. The standard InChI is InChI=1S/C26H17BrF2N4O2S/c1-16(12-17-13-19(28)15-20(29)14-17)26-24(33-23-5-3-2-4-22(23)31-32-33)10-11-25(30-26)36(34,35)21-8-6-18(27)7-9-21/h2-11,13-15H,1,12H2. The van der Waals surface area contributed by atoms with Gasteiger partial charge in [-0.05, 0) is 78.2 Å². The molecular weight excluding hydrogens is 550 g/mol. The Balaban J connectivity index is 1.66. The second-order valence-corrected chi connectivity index (χ2v) is 10.8. The maximum absolute atomic E-state index is 13.8. The number of benzene rings is 3. The molecule has 0 spiro atoms. The molecule has 0 aliphatic carbocycles. The molecule has 0 amide bonds. The van der Waals surface area contributed by atoms with Gasteiger partial charge in [-0.3, -0.25) is 0 Å². The monoisotopic (exact) mass is 566 g/mol. The van der Waals surface area contributed by atoms with Crippen molar-refractivity contribution in [2.75, 3.05) is 0 Å². The zero-order valence-corrected chi connectivity index (χ0v) is 21.0. The Morgan fingerprint density at radius 3 is 2.36 bits per heavy atom. The molecule has 0 atom stereocenters. The van der Waals surface area contributed by atoms with E-state index in [9.17, 15) is 17.2 Å². The van der Waals surface area contributed by atoms with E-state index in [-0.39, 0.29) is 22.0 Å². The van der Waals surface area contributed by atoms with Gasteiger partial charge in [-0.1, -0.05) is 39.9 Å². The Hall–Kier alpha value is -3.76. The van der Waals surface area contributed by atoms with Crippen LogP contribution in [0.5, 0.6) is 0 Å². The molecule has 0 saturated carbocycles. The van der Waals surface area contributed by atoms with Gasteiger partial charge in [0.15, 0.2) is 5.03 Å². The Morgan fingerprint density at radius 2 is 1.64 bits per heavy atom. The summed E-state index contributed by atoms with van der Waals surface area (Å²) in [6.45, 7) is 4.07. The molecule has 10 heteroatoms. The van der Waals surface area contributed by atoms with E-state index in [0.717, 1.165) is 10.5 Å². The van der Waals surface area contributed by atoms with E-state index in [4.69, 9.17) is 0 Å². The van der Waals surface area contributed by atoms with Crippen LogP contribution in [0.15, 0.2) is 99.8 Å². The number of hydrogen-bond acceptors (Lipinski definition) is 5. The topological polar surface area (TPSA) is 77.7 Å². The predicted molar refractivity (Wildman–Crippen MR) is 135 cm³/mol. The molecule has 6 nitrogen and oxygen atoms in total. The third kappa shape index (κ3) is 4.57. The minimum absolute atomic E-state index is 0.0308. The minimum atomic E-state index is -3.96. The third-order valence-electron chi connectivity index (χ3n) is 5.50. The van der Waals surface area contributed by atoms with Crippen LogP contribution in [0, 0.1) is 11.6 Å². The van der Waals surface area contributed by atoms with Crippen molar-refractivity contribution in [2.45, 2.75) is 16.3 Å². The molecule has 5 aromatic rings. The fourth-order valence-electron chi connectivity index (χ4n) is 3.84. The molecule has 0 bridgehead atoms. The summed E-state index contributed by atoms with van der Waals surface area (Å²) in [5.41, 5.74) is 2.63. The minimum Gasteiger partial charge on any atom is -0.234 e. The number of para-hydroxylation sites is 1. The summed E-state index contributed by atoms with van der Waals surface area (Å²) in [6.07, 6.45) is 0.0308. The Labute approximate surface area is 214 Å². The van der Waals surface area contributed by atoms with Gasteiger partial charge in [0.25, 0.3) is 0 Å². The normalized spacial score (nSPS) is 11.6. The van der Waals surface area contributed by atoms with Crippen LogP contribution in [0.2, 0.25) is 0 Å². The van der Waals surface area contributed by atoms with E-state index in [1.807, 2.05) is 18.2 Å². The first-order chi connectivity index (χ1) is 17.2. The van der Waals surface area contributed by atoms with Crippen molar-refractivity contribution in [1.29, 1.82) is 0 Å². The second kappa shape index (κ2) is 9.36. The highest BCUT2D eigenvalue weighted by Gasteiger charge is 2.23. The number of aromatic nitrogens is 4. The van der Waals surface area contributed by atoms with Crippen molar-refractivity contribution >= 4 is 42.4 Å². The highest BCUT2D eigenvalue weighted by molar-refractivity contribution is 9.10. The molecule has 2 heterocycles. The number of nitrogens with zero attached hydrogens (tertiary/aromatic N) is 4. The summed E-state index contributed by atoms with van der Waals surface area (Å²) in [4.78, 5) is 4.54. The Morgan fingerprint density at radius 1 is 0.944 bits per heavy atom. The number of sulfone groups is 1. The SMILES string of the molecule is C=C(Cc1cc(F)cc(F)c1)c1nc(S(=O)(=O)c2ccc(Br)cc2)ccc1-n1nnc2ccccc21. The van der Waals surface area contributed by atoms with Crippen molar-refractivity contribution in [3.63, 3.8) is 0 Å². The molecule has 0 aliphatic heterocycles. The largest absolute Gasteiger partial charge is 0.234 e. The van der Waals surface area contributed by atoms with Gasteiger partial charge in [-0.2, -0.15) is 0 Å². The molecule has 0 radical (unpaired) electrons. The fraction of sp³-hybridized carbons (Fsp3) is 0.0385. The van der Waals surface area contributed by atoms with Crippen molar-refractivity contribution in [3.8, 4) is 5.69 Å². The molecule has 180 valence electrons. The number of fused-ring (bicyclic) bond motifs is 1. The van der Waals surface area contributed by atoms with Crippen LogP contribution in [-0.2, 0) is 16.3 Å². The predicted octanol–water partition coefficient (Wildman–Crippen LogP) is 5.94. The molecule has 0 saturated heterocycles. The maximum Gasteiger partial charge on any atom is 0.223 e. The molecular formula is C26H17BrF2N4O2S. The lowest BCUT2D eigenvalue weighted by Gasteiger charge is -2.14. The summed E-state index contributed by atoms with van der Waals surface area (Å²) in [5, 5.41) is 8.18. The van der Waals surface area contributed by atoms with E-state index < -0.39 is 21.5 Å². The molecule has 2 aromatic heterocycles. The highest BCUT2D eigenvalue weighted by Crippen LogP contribution is 2.29. The van der Waals surface area contributed by atoms with Crippen LogP contribution < -0.4 is 0 Å². The highest BCUT2D eigenvalue weighted by atomic mass is 79.9. The molecule has 3 aromatic carbocycles. The molecule has 5 rings (SSSR count). The number of allylic oxidation sites excluding steroid dienone is 1. The molecule has 36 heavy (non-hydrogen) atoms. The number of halogens is 3. The van der Waals surface area contributed by atoms with Gasteiger partial charge in [0, 0.05) is 10.5 Å². The van der Waals surface area contributed by atoms with Gasteiger partial charge in [0.05, 0.1) is 21.8 Å². The summed E-state index contributed by atoms with van der Waals surface area (Å²) < 4.78 is 56.5. The first-order valence-corrected chi connectivity index (χ1v) is 13.0. The van der Waals surface area contributed by atoms with Gasteiger partial charge in [-0.15, -0.1) is 5.10 Å². The maximum atomic E-state index is 13.8. The zero-order chi connectivity index (χ0) is 25.4. The molecule has 0 fully saturated rings. The van der Waals surface area contributed by atoms with Crippen LogP contribution in [-0.4, -0.2) is 28.4 Å². The zero-order valence-electron chi connectivity index (χ0n) is 18.6. The summed E-state index contributed by atoms with van der Waals surface area (Å²) in [5.74, 6) is -1.44. The summed E-state index contributed by atoms with van der Waals surface area (Å²) in [6, 6.07) is 19.6. The van der Waals surface area contributed by atoms with Crippen molar-refractivity contribution in [2.24, 2.45) is 0 Å². The molecule has 0 N–H and O–H groups in total. The van der Waals surface area contributed by atoms with E-state index in [0.29, 0.717) is 27.9 Å². The fourth-order valence-corrected chi connectivity index (χ4v) is 5.30. The number of pyridine rings is 1. The van der Waals surface area contributed by atoms with Crippen molar-refractivity contribution in [1.82, 2.24) is 20.0 Å². The second-order valence-electron chi connectivity index (χ2n) is 8.02. The lowest BCUT2D eigenvalue weighted by molar-refractivity contribution is 0.580. The van der Waals surface area contributed by atoms with Gasteiger partial charge in [0.1, 0.15) is 17.2 Å². The van der Waals surface area contributed by atoms with Crippen LogP contribution in [0.25, 0.3) is 22.3 Å². The van der Waals surface area contributed by atoms with E-state index in [1.165, 1.54) is 35.0 Å². The van der Waals surface area contributed by atoms with Crippen molar-refractivity contribution in [3.05, 3.63) is 113 Å². The van der Waals surface area contributed by atoms with Gasteiger partial charge in [-0.25, -0.2) is 26.9 Å². The summed E-state index contributed by atoms with van der Waals surface area (Å²) >= 11 is 3.30. The quantitative estimate of drug-likeness (QED) is 0.254.